The maximum absolute atomic E-state index is 6.26. The first-order valence-electron chi connectivity index (χ1n) is 6.24. The number of benzene rings is 2. The Morgan fingerprint density at radius 3 is 2.57 bits per heavy atom. The lowest BCUT2D eigenvalue weighted by molar-refractivity contribution is 0.306. The summed E-state index contributed by atoms with van der Waals surface area (Å²) >= 11 is 6.26. The normalized spacial score (nSPS) is 10.5. The standard InChI is InChI=1S/C15H15ClN4O/c16-14-12(9-19-20-15(17)18)7-4-8-13(14)21-10-11-5-2-1-3-6-11/h1-9H,10H2,(H4,17,18,20). The van der Waals surface area contributed by atoms with E-state index in [4.69, 9.17) is 27.8 Å². The molecule has 0 spiro atoms. The fourth-order valence-electron chi connectivity index (χ4n) is 1.63. The lowest BCUT2D eigenvalue weighted by atomic mass is 10.2. The summed E-state index contributed by atoms with van der Waals surface area (Å²) in [6, 6.07) is 15.3. The molecule has 6 heteroatoms. The highest BCUT2D eigenvalue weighted by Crippen LogP contribution is 2.27. The highest BCUT2D eigenvalue weighted by Gasteiger charge is 2.06. The Hall–Kier alpha value is -2.53. The van der Waals surface area contributed by atoms with Crippen LogP contribution >= 0.6 is 11.6 Å². The number of hydrogen-bond donors (Lipinski definition) is 2. The molecule has 0 heterocycles. The van der Waals surface area contributed by atoms with E-state index < -0.39 is 0 Å². The predicted octanol–water partition coefficient (Wildman–Crippen LogP) is 2.53. The van der Waals surface area contributed by atoms with Crippen molar-refractivity contribution in [2.24, 2.45) is 21.7 Å². The van der Waals surface area contributed by atoms with Gasteiger partial charge in [0.05, 0.1) is 11.2 Å². The number of guanidine groups is 1. The molecule has 2 rings (SSSR count). The SMILES string of the molecule is NC(N)=NN=Cc1cccc(OCc2ccccc2)c1Cl. The monoisotopic (exact) mass is 302 g/mol. The molecule has 4 N–H and O–H groups in total. The van der Waals surface area contributed by atoms with Crippen LogP contribution < -0.4 is 16.2 Å². The van der Waals surface area contributed by atoms with Crippen LogP contribution in [0.15, 0.2) is 58.7 Å². The van der Waals surface area contributed by atoms with Crippen molar-refractivity contribution in [1.29, 1.82) is 0 Å². The van der Waals surface area contributed by atoms with E-state index in [1.807, 2.05) is 36.4 Å². The number of nitrogens with zero attached hydrogens (tertiary/aromatic N) is 2. The van der Waals surface area contributed by atoms with Crippen LogP contribution in [0.25, 0.3) is 0 Å². The van der Waals surface area contributed by atoms with Crippen LogP contribution in [0.1, 0.15) is 11.1 Å². The summed E-state index contributed by atoms with van der Waals surface area (Å²) in [7, 11) is 0. The van der Waals surface area contributed by atoms with Crippen LogP contribution in [0, 0.1) is 0 Å². The van der Waals surface area contributed by atoms with E-state index >= 15 is 0 Å². The van der Waals surface area contributed by atoms with E-state index in [0.717, 1.165) is 5.56 Å². The zero-order valence-electron chi connectivity index (χ0n) is 11.2. The average Bonchev–Trinajstić information content (AvgIpc) is 2.48. The Labute approximate surface area is 127 Å². The van der Waals surface area contributed by atoms with Gasteiger partial charge in [-0.15, -0.1) is 5.10 Å². The van der Waals surface area contributed by atoms with E-state index in [1.54, 1.807) is 12.1 Å². The summed E-state index contributed by atoms with van der Waals surface area (Å²) in [5.74, 6) is 0.466. The molecule has 108 valence electrons. The lowest BCUT2D eigenvalue weighted by Crippen LogP contribution is -2.21. The summed E-state index contributed by atoms with van der Waals surface area (Å²) in [6.45, 7) is 0.440. The molecule has 0 bridgehead atoms. The second kappa shape index (κ2) is 7.31. The lowest BCUT2D eigenvalue weighted by Gasteiger charge is -2.09. The summed E-state index contributed by atoms with van der Waals surface area (Å²) in [5.41, 5.74) is 12.1. The molecule has 5 nitrogen and oxygen atoms in total. The van der Waals surface area contributed by atoms with Gasteiger partial charge in [0, 0.05) is 5.56 Å². The van der Waals surface area contributed by atoms with E-state index in [9.17, 15) is 0 Å². The van der Waals surface area contributed by atoms with E-state index in [2.05, 4.69) is 10.2 Å². The molecule has 21 heavy (non-hydrogen) atoms. The number of rotatable bonds is 5. The van der Waals surface area contributed by atoms with Gasteiger partial charge in [-0.25, -0.2) is 0 Å². The first-order chi connectivity index (χ1) is 10.2. The minimum atomic E-state index is -0.112. The molecule has 0 saturated heterocycles. The van der Waals surface area contributed by atoms with Crippen molar-refractivity contribution in [2.75, 3.05) is 0 Å². The fraction of sp³-hybridized carbons (Fsp3) is 0.0667. The van der Waals surface area contributed by atoms with E-state index in [1.165, 1.54) is 6.21 Å². The predicted molar refractivity (Wildman–Crippen MR) is 85.6 cm³/mol. The van der Waals surface area contributed by atoms with Crippen LogP contribution in [0.4, 0.5) is 0 Å². The molecule has 0 amide bonds. The van der Waals surface area contributed by atoms with Gasteiger partial charge in [0.1, 0.15) is 12.4 Å². The molecule has 0 atom stereocenters. The number of nitrogens with two attached hydrogens (primary N) is 2. The van der Waals surface area contributed by atoms with Crippen LogP contribution in [0.5, 0.6) is 5.75 Å². The van der Waals surface area contributed by atoms with Gasteiger partial charge in [-0.2, -0.15) is 5.10 Å². The molecule has 0 aliphatic carbocycles. The van der Waals surface area contributed by atoms with Gasteiger partial charge in [-0.3, -0.25) is 0 Å². The Morgan fingerprint density at radius 2 is 1.86 bits per heavy atom. The fourth-order valence-corrected chi connectivity index (χ4v) is 1.86. The first kappa shape index (κ1) is 14.9. The Kier molecular flexibility index (Phi) is 5.17. The second-order valence-corrected chi connectivity index (χ2v) is 4.58. The van der Waals surface area contributed by atoms with Gasteiger partial charge in [-0.1, -0.05) is 54.1 Å². The Balaban J connectivity index is 2.10. The zero-order valence-corrected chi connectivity index (χ0v) is 12.0. The van der Waals surface area contributed by atoms with Crippen molar-refractivity contribution in [1.82, 2.24) is 0 Å². The van der Waals surface area contributed by atoms with Gasteiger partial charge >= 0.3 is 0 Å². The van der Waals surface area contributed by atoms with E-state index in [-0.39, 0.29) is 5.96 Å². The molecule has 0 radical (unpaired) electrons. The summed E-state index contributed by atoms with van der Waals surface area (Å²) < 4.78 is 5.71. The minimum Gasteiger partial charge on any atom is -0.487 e. The van der Waals surface area contributed by atoms with Crippen molar-refractivity contribution in [3.63, 3.8) is 0 Å². The van der Waals surface area contributed by atoms with Gasteiger partial charge in [0.2, 0.25) is 5.96 Å². The number of halogens is 1. The van der Waals surface area contributed by atoms with Gasteiger partial charge in [-0.05, 0) is 11.6 Å². The van der Waals surface area contributed by atoms with E-state index in [0.29, 0.717) is 22.9 Å². The largest absolute Gasteiger partial charge is 0.487 e. The molecule has 0 unspecified atom stereocenters. The zero-order chi connectivity index (χ0) is 15.1. The van der Waals surface area contributed by atoms with Crippen LogP contribution in [0.2, 0.25) is 5.02 Å². The minimum absolute atomic E-state index is 0.112. The Bertz CT molecular complexity index is 652. The molecule has 0 aliphatic heterocycles. The van der Waals surface area contributed by atoms with Crippen LogP contribution in [-0.2, 0) is 6.61 Å². The molecular formula is C15H15ClN4O. The molecule has 0 fully saturated rings. The molecule has 0 aliphatic rings. The van der Waals surface area contributed by atoms with Crippen molar-refractivity contribution in [3.8, 4) is 5.75 Å². The third-order valence-corrected chi connectivity index (χ3v) is 3.00. The van der Waals surface area contributed by atoms with Crippen molar-refractivity contribution in [3.05, 3.63) is 64.7 Å². The molecular weight excluding hydrogens is 288 g/mol. The molecule has 0 saturated carbocycles. The maximum Gasteiger partial charge on any atom is 0.211 e. The quantitative estimate of drug-likeness (QED) is 0.505. The molecule has 2 aromatic carbocycles. The summed E-state index contributed by atoms with van der Waals surface area (Å²) in [6.07, 6.45) is 1.47. The third kappa shape index (κ3) is 4.50. The van der Waals surface area contributed by atoms with Crippen molar-refractivity contribution in [2.45, 2.75) is 6.61 Å². The van der Waals surface area contributed by atoms with Gasteiger partial charge < -0.3 is 16.2 Å². The highest BCUT2D eigenvalue weighted by molar-refractivity contribution is 6.34. The summed E-state index contributed by atoms with van der Waals surface area (Å²) in [5, 5.41) is 7.72. The molecule has 2 aromatic rings. The number of ether oxygens (including phenoxy) is 1. The number of hydrogen-bond acceptors (Lipinski definition) is 3. The van der Waals surface area contributed by atoms with Gasteiger partial charge in [0.25, 0.3) is 0 Å². The summed E-state index contributed by atoms with van der Waals surface area (Å²) in [4.78, 5) is 0. The maximum atomic E-state index is 6.26. The first-order valence-corrected chi connectivity index (χ1v) is 6.62. The van der Waals surface area contributed by atoms with Crippen molar-refractivity contribution >= 4 is 23.8 Å². The molecule has 0 aromatic heterocycles. The van der Waals surface area contributed by atoms with Gasteiger partial charge in [0.15, 0.2) is 0 Å². The van der Waals surface area contributed by atoms with Crippen molar-refractivity contribution < 1.29 is 4.74 Å². The topological polar surface area (TPSA) is 86.0 Å². The Morgan fingerprint density at radius 1 is 1.10 bits per heavy atom. The van der Waals surface area contributed by atoms with Crippen LogP contribution in [-0.4, -0.2) is 12.2 Å². The smallest absolute Gasteiger partial charge is 0.211 e. The third-order valence-electron chi connectivity index (χ3n) is 2.60. The second-order valence-electron chi connectivity index (χ2n) is 4.20. The highest BCUT2D eigenvalue weighted by atomic mass is 35.5. The average molecular weight is 303 g/mol. The van der Waals surface area contributed by atoms with Crippen LogP contribution in [0.3, 0.4) is 0 Å².